The van der Waals surface area contributed by atoms with Gasteiger partial charge in [-0.25, -0.2) is 0 Å². The molecule has 180 valence electrons. The fourth-order valence-electron chi connectivity index (χ4n) is 5.91. The Labute approximate surface area is 204 Å². The van der Waals surface area contributed by atoms with E-state index in [4.69, 9.17) is 9.47 Å². The second-order valence-corrected chi connectivity index (χ2v) is 9.77. The molecule has 4 aliphatic rings. The van der Waals surface area contributed by atoms with Gasteiger partial charge in [0.1, 0.15) is 6.54 Å². The molecule has 1 saturated carbocycles. The summed E-state index contributed by atoms with van der Waals surface area (Å²) in [7, 11) is 0. The highest BCUT2D eigenvalue weighted by atomic mass is 16.7. The van der Waals surface area contributed by atoms with E-state index in [1.165, 1.54) is 25.7 Å². The summed E-state index contributed by atoms with van der Waals surface area (Å²) < 4.78 is 10.7. The molecule has 1 N–H and O–H groups in total. The lowest BCUT2D eigenvalue weighted by Gasteiger charge is -2.58. The van der Waals surface area contributed by atoms with Crippen LogP contribution in [0, 0.1) is 17.8 Å². The van der Waals surface area contributed by atoms with Gasteiger partial charge in [-0.2, -0.15) is 0 Å². The van der Waals surface area contributed by atoms with E-state index in [1.807, 2.05) is 24.3 Å². The molecule has 2 saturated heterocycles. The zero-order valence-corrected chi connectivity index (χ0v) is 19.5. The number of aliphatic hydroxyl groups excluding tert-OH is 1. The number of benzene rings is 2. The highest BCUT2D eigenvalue weighted by Gasteiger charge is 2.54. The fourth-order valence-corrected chi connectivity index (χ4v) is 5.91. The molecule has 3 fully saturated rings. The standard InChI is InChI=1S/C28H28N2O5/c31-16-23-27(20-9-7-19(8-10-20)6-5-18-3-1-2-4-18)22-14-29(15-26(32)30(22)23)28(33)21-11-12-24-25(13-21)35-17-34-24/h7-13,18,22-23,27,31H,1-4,14-17H2/t22-,23+,27+/m1/s1. The van der Waals surface area contributed by atoms with Gasteiger partial charge in [0.2, 0.25) is 12.7 Å². The summed E-state index contributed by atoms with van der Waals surface area (Å²) in [5.74, 6) is 7.98. The molecule has 0 bridgehead atoms. The van der Waals surface area contributed by atoms with Gasteiger partial charge < -0.3 is 24.4 Å². The largest absolute Gasteiger partial charge is 0.454 e. The molecule has 2 aromatic rings. The number of amides is 2. The molecule has 3 aliphatic heterocycles. The van der Waals surface area contributed by atoms with Crippen LogP contribution in [0.25, 0.3) is 0 Å². The van der Waals surface area contributed by atoms with Gasteiger partial charge >= 0.3 is 0 Å². The van der Waals surface area contributed by atoms with Crippen LogP contribution in [0.1, 0.15) is 53.1 Å². The maximum Gasteiger partial charge on any atom is 0.254 e. The number of fused-ring (bicyclic) bond motifs is 2. The number of aliphatic hydroxyl groups is 1. The lowest BCUT2D eigenvalue weighted by molar-refractivity contribution is -0.159. The number of hydrogen-bond donors (Lipinski definition) is 1. The highest BCUT2D eigenvalue weighted by Crippen LogP contribution is 2.43. The third kappa shape index (κ3) is 3.92. The molecule has 2 aromatic carbocycles. The van der Waals surface area contributed by atoms with Crippen LogP contribution in [0.3, 0.4) is 0 Å². The molecular formula is C28H28N2O5. The zero-order valence-electron chi connectivity index (χ0n) is 19.5. The summed E-state index contributed by atoms with van der Waals surface area (Å²) in [5.41, 5.74) is 2.51. The topological polar surface area (TPSA) is 79.3 Å². The van der Waals surface area contributed by atoms with Crippen molar-refractivity contribution >= 4 is 11.8 Å². The van der Waals surface area contributed by atoms with Crippen molar-refractivity contribution < 1.29 is 24.2 Å². The zero-order chi connectivity index (χ0) is 23.9. The van der Waals surface area contributed by atoms with Gasteiger partial charge in [0.05, 0.1) is 18.7 Å². The number of piperazine rings is 1. The molecular weight excluding hydrogens is 444 g/mol. The van der Waals surface area contributed by atoms with Crippen molar-refractivity contribution in [1.29, 1.82) is 0 Å². The molecule has 2 amide bonds. The molecule has 0 radical (unpaired) electrons. The summed E-state index contributed by atoms with van der Waals surface area (Å²) in [4.78, 5) is 29.5. The van der Waals surface area contributed by atoms with Crippen LogP contribution in [0.15, 0.2) is 42.5 Å². The number of carbonyl (C=O) groups is 2. The first-order valence-corrected chi connectivity index (χ1v) is 12.3. The monoisotopic (exact) mass is 472 g/mol. The van der Waals surface area contributed by atoms with Crippen molar-refractivity contribution in [3.63, 3.8) is 0 Å². The SMILES string of the molecule is O=C(c1ccc2c(c1)OCO2)N1CC(=O)N2[C@H](C1)[C@H](c1ccc(C#CC3CCCC3)cc1)[C@@H]2CO. The summed E-state index contributed by atoms with van der Waals surface area (Å²) in [6.45, 7) is 0.458. The van der Waals surface area contributed by atoms with E-state index in [-0.39, 0.29) is 49.8 Å². The Morgan fingerprint density at radius 2 is 1.83 bits per heavy atom. The third-order valence-electron chi connectivity index (χ3n) is 7.73. The molecule has 7 heteroatoms. The van der Waals surface area contributed by atoms with Gasteiger partial charge in [0, 0.05) is 29.5 Å². The van der Waals surface area contributed by atoms with Crippen LogP contribution in [-0.4, -0.2) is 65.3 Å². The lowest BCUT2D eigenvalue weighted by atomic mass is 9.73. The average Bonchev–Trinajstić information content (AvgIpc) is 3.56. The van der Waals surface area contributed by atoms with Crippen molar-refractivity contribution in [1.82, 2.24) is 9.80 Å². The van der Waals surface area contributed by atoms with Crippen molar-refractivity contribution in [3.05, 3.63) is 59.2 Å². The summed E-state index contributed by atoms with van der Waals surface area (Å²) in [6, 6.07) is 12.8. The Bertz CT molecular complexity index is 1210. The van der Waals surface area contributed by atoms with Gasteiger partial charge in [-0.15, -0.1) is 0 Å². The molecule has 0 unspecified atom stereocenters. The summed E-state index contributed by atoms with van der Waals surface area (Å²) in [5, 5.41) is 10.1. The summed E-state index contributed by atoms with van der Waals surface area (Å²) >= 11 is 0. The number of ether oxygens (including phenoxy) is 2. The quantitative estimate of drug-likeness (QED) is 0.695. The highest BCUT2D eigenvalue weighted by molar-refractivity contribution is 5.98. The van der Waals surface area contributed by atoms with Gasteiger partial charge in [-0.05, 0) is 48.7 Å². The van der Waals surface area contributed by atoms with Crippen LogP contribution in [0.5, 0.6) is 11.5 Å². The van der Waals surface area contributed by atoms with E-state index in [9.17, 15) is 14.7 Å². The minimum absolute atomic E-state index is 0.00267. The van der Waals surface area contributed by atoms with Crippen LogP contribution in [-0.2, 0) is 4.79 Å². The molecule has 0 spiro atoms. The normalized spacial score (nSPS) is 25.1. The van der Waals surface area contributed by atoms with Crippen LogP contribution >= 0.6 is 0 Å². The van der Waals surface area contributed by atoms with Gasteiger partial charge in [-0.1, -0.05) is 36.8 Å². The van der Waals surface area contributed by atoms with Crippen LogP contribution < -0.4 is 9.47 Å². The van der Waals surface area contributed by atoms with E-state index in [0.29, 0.717) is 29.5 Å². The molecule has 1 aliphatic carbocycles. The smallest absolute Gasteiger partial charge is 0.254 e. The molecule has 3 atom stereocenters. The minimum Gasteiger partial charge on any atom is -0.454 e. The van der Waals surface area contributed by atoms with Crippen LogP contribution in [0.2, 0.25) is 0 Å². The number of nitrogens with zero attached hydrogens (tertiary/aromatic N) is 2. The average molecular weight is 473 g/mol. The lowest BCUT2D eigenvalue weighted by Crippen LogP contribution is -2.73. The Morgan fingerprint density at radius 1 is 1.06 bits per heavy atom. The second kappa shape index (κ2) is 8.94. The first-order chi connectivity index (χ1) is 17.1. The molecule has 6 rings (SSSR count). The van der Waals surface area contributed by atoms with Gasteiger partial charge in [-0.3, -0.25) is 9.59 Å². The third-order valence-corrected chi connectivity index (χ3v) is 7.73. The fraction of sp³-hybridized carbons (Fsp3) is 0.429. The Balaban J connectivity index is 1.19. The summed E-state index contributed by atoms with van der Waals surface area (Å²) in [6.07, 6.45) is 4.93. The van der Waals surface area contributed by atoms with Crippen LogP contribution in [0.4, 0.5) is 0 Å². The number of carbonyl (C=O) groups excluding carboxylic acids is 2. The van der Waals surface area contributed by atoms with E-state index in [0.717, 1.165) is 11.1 Å². The molecule has 7 nitrogen and oxygen atoms in total. The maximum atomic E-state index is 13.2. The predicted octanol–water partition coefficient (Wildman–Crippen LogP) is 2.77. The predicted molar refractivity (Wildman–Crippen MR) is 128 cm³/mol. The van der Waals surface area contributed by atoms with Gasteiger partial charge in [0.25, 0.3) is 5.91 Å². The number of rotatable bonds is 3. The maximum absolute atomic E-state index is 13.2. The Hall–Kier alpha value is -3.50. The van der Waals surface area contributed by atoms with Crippen molar-refractivity contribution in [2.24, 2.45) is 5.92 Å². The Kier molecular flexibility index (Phi) is 5.62. The van der Waals surface area contributed by atoms with Gasteiger partial charge in [0.15, 0.2) is 11.5 Å². The van der Waals surface area contributed by atoms with Crippen molar-refractivity contribution in [2.75, 3.05) is 26.5 Å². The Morgan fingerprint density at radius 3 is 2.60 bits per heavy atom. The first kappa shape index (κ1) is 22.0. The molecule has 35 heavy (non-hydrogen) atoms. The molecule has 0 aromatic heterocycles. The first-order valence-electron chi connectivity index (χ1n) is 12.3. The van der Waals surface area contributed by atoms with Crippen molar-refractivity contribution in [2.45, 2.75) is 43.7 Å². The molecule has 3 heterocycles. The van der Waals surface area contributed by atoms with E-state index >= 15 is 0 Å². The minimum atomic E-state index is -0.272. The second-order valence-electron chi connectivity index (χ2n) is 9.77. The van der Waals surface area contributed by atoms with E-state index in [1.54, 1.807) is 28.0 Å². The number of hydrogen-bond acceptors (Lipinski definition) is 5. The van der Waals surface area contributed by atoms with Crippen molar-refractivity contribution in [3.8, 4) is 23.3 Å². The van der Waals surface area contributed by atoms with E-state index < -0.39 is 0 Å². The van der Waals surface area contributed by atoms with E-state index in [2.05, 4.69) is 11.8 Å².